The average molecular weight is 334 g/mol. The maximum absolute atomic E-state index is 10.3. The van der Waals surface area contributed by atoms with E-state index in [1.165, 1.54) is 4.88 Å². The Labute approximate surface area is 121 Å². The third kappa shape index (κ3) is 3.78. The first-order valence-corrected chi connectivity index (χ1v) is 8.00. The Morgan fingerprint density at radius 3 is 3.00 bits per heavy atom. The number of hydrogen-bond donors (Lipinski definition) is 1. The van der Waals surface area contributed by atoms with Gasteiger partial charge in [-0.3, -0.25) is 4.90 Å². The standard InChI is InChI=1S/C13H20BrNO2S/c1-9(2)15-3-4-17-13(7-15)12(16)6-11-5-10(14)8-18-11/h5,8-9,12-13,16H,3-4,6-7H2,1-2H3. The Balaban J connectivity index is 1.90. The minimum Gasteiger partial charge on any atom is -0.390 e. The van der Waals surface area contributed by atoms with Crippen molar-refractivity contribution >= 4 is 27.3 Å². The van der Waals surface area contributed by atoms with Gasteiger partial charge in [0.25, 0.3) is 0 Å². The second kappa shape index (κ2) is 6.48. The van der Waals surface area contributed by atoms with Gasteiger partial charge >= 0.3 is 0 Å². The third-order valence-corrected chi connectivity index (χ3v) is 5.04. The molecule has 0 saturated carbocycles. The van der Waals surface area contributed by atoms with Crippen LogP contribution in [-0.2, 0) is 11.2 Å². The molecule has 2 heterocycles. The fourth-order valence-corrected chi connectivity index (χ4v) is 3.70. The summed E-state index contributed by atoms with van der Waals surface area (Å²) in [5.41, 5.74) is 0. The molecule has 0 aliphatic carbocycles. The van der Waals surface area contributed by atoms with Crippen molar-refractivity contribution in [3.05, 3.63) is 20.8 Å². The van der Waals surface area contributed by atoms with E-state index in [1.54, 1.807) is 11.3 Å². The number of hydrogen-bond acceptors (Lipinski definition) is 4. The highest BCUT2D eigenvalue weighted by Gasteiger charge is 2.28. The van der Waals surface area contributed by atoms with Crippen molar-refractivity contribution in [2.75, 3.05) is 19.7 Å². The number of ether oxygens (including phenoxy) is 1. The predicted octanol–water partition coefficient (Wildman–Crippen LogP) is 2.52. The lowest BCUT2D eigenvalue weighted by atomic mass is 10.1. The lowest BCUT2D eigenvalue weighted by Gasteiger charge is -2.37. The number of aliphatic hydroxyl groups excluding tert-OH is 1. The summed E-state index contributed by atoms with van der Waals surface area (Å²) in [6.07, 6.45) is 0.187. The zero-order chi connectivity index (χ0) is 13.1. The van der Waals surface area contributed by atoms with E-state index in [0.29, 0.717) is 19.1 Å². The van der Waals surface area contributed by atoms with E-state index in [-0.39, 0.29) is 6.10 Å². The van der Waals surface area contributed by atoms with Gasteiger partial charge in [-0.2, -0.15) is 0 Å². The molecule has 102 valence electrons. The van der Waals surface area contributed by atoms with E-state index in [9.17, 15) is 5.11 Å². The van der Waals surface area contributed by atoms with Crippen LogP contribution in [0.3, 0.4) is 0 Å². The Kier molecular flexibility index (Phi) is 5.21. The first kappa shape index (κ1) is 14.5. The van der Waals surface area contributed by atoms with Crippen LogP contribution in [0.25, 0.3) is 0 Å². The Hall–Kier alpha value is 0.0600. The van der Waals surface area contributed by atoms with Crippen LogP contribution in [0.15, 0.2) is 15.9 Å². The van der Waals surface area contributed by atoms with Gasteiger partial charge in [-0.1, -0.05) is 0 Å². The zero-order valence-corrected chi connectivity index (χ0v) is 13.2. The summed E-state index contributed by atoms with van der Waals surface area (Å²) < 4.78 is 6.79. The lowest BCUT2D eigenvalue weighted by Crippen LogP contribution is -2.50. The minimum absolute atomic E-state index is 0.0676. The lowest BCUT2D eigenvalue weighted by molar-refractivity contribution is -0.0938. The van der Waals surface area contributed by atoms with Crippen LogP contribution in [0.2, 0.25) is 0 Å². The van der Waals surface area contributed by atoms with Crippen LogP contribution in [-0.4, -0.2) is 48.0 Å². The SMILES string of the molecule is CC(C)N1CCOC(C(O)Cc2cc(Br)cs2)C1. The van der Waals surface area contributed by atoms with Crippen molar-refractivity contribution in [3.8, 4) is 0 Å². The van der Waals surface area contributed by atoms with Crippen LogP contribution >= 0.6 is 27.3 Å². The fourth-order valence-electron chi connectivity index (χ4n) is 2.20. The number of rotatable bonds is 4. The van der Waals surface area contributed by atoms with Crippen molar-refractivity contribution in [2.24, 2.45) is 0 Å². The molecule has 1 fully saturated rings. The number of morpholine rings is 1. The predicted molar refractivity (Wildman–Crippen MR) is 78.2 cm³/mol. The molecule has 0 aromatic carbocycles. The number of thiophene rings is 1. The summed E-state index contributed by atoms with van der Waals surface area (Å²) in [7, 11) is 0. The van der Waals surface area contributed by atoms with E-state index in [4.69, 9.17) is 4.74 Å². The van der Waals surface area contributed by atoms with Gasteiger partial charge in [0, 0.05) is 40.3 Å². The van der Waals surface area contributed by atoms with Crippen LogP contribution in [0, 0.1) is 0 Å². The molecule has 0 bridgehead atoms. The molecular weight excluding hydrogens is 314 g/mol. The van der Waals surface area contributed by atoms with E-state index in [2.05, 4.69) is 40.7 Å². The molecule has 1 aliphatic rings. The van der Waals surface area contributed by atoms with Gasteiger partial charge in [-0.25, -0.2) is 0 Å². The van der Waals surface area contributed by atoms with E-state index < -0.39 is 6.10 Å². The maximum atomic E-state index is 10.3. The van der Waals surface area contributed by atoms with Crippen molar-refractivity contribution in [1.82, 2.24) is 4.90 Å². The normalized spacial score (nSPS) is 23.5. The van der Waals surface area contributed by atoms with Gasteiger partial charge in [0.1, 0.15) is 0 Å². The van der Waals surface area contributed by atoms with Crippen LogP contribution in [0.1, 0.15) is 18.7 Å². The highest BCUT2D eigenvalue weighted by atomic mass is 79.9. The molecule has 1 N–H and O–H groups in total. The molecular formula is C13H20BrNO2S. The maximum Gasteiger partial charge on any atom is 0.0964 e. The summed E-state index contributed by atoms with van der Waals surface area (Å²) >= 11 is 5.11. The molecule has 1 saturated heterocycles. The Bertz CT molecular complexity index is 383. The monoisotopic (exact) mass is 333 g/mol. The third-order valence-electron chi connectivity index (χ3n) is 3.32. The van der Waals surface area contributed by atoms with E-state index in [1.807, 2.05) is 5.38 Å². The topological polar surface area (TPSA) is 32.7 Å². The van der Waals surface area contributed by atoms with Crippen molar-refractivity contribution in [3.63, 3.8) is 0 Å². The number of halogens is 1. The van der Waals surface area contributed by atoms with E-state index in [0.717, 1.165) is 17.6 Å². The number of nitrogens with zero attached hydrogens (tertiary/aromatic N) is 1. The van der Waals surface area contributed by atoms with Crippen molar-refractivity contribution in [2.45, 2.75) is 38.5 Å². The van der Waals surface area contributed by atoms with E-state index >= 15 is 0 Å². The molecule has 2 rings (SSSR count). The Morgan fingerprint density at radius 2 is 2.39 bits per heavy atom. The summed E-state index contributed by atoms with van der Waals surface area (Å²) in [6, 6.07) is 2.58. The molecule has 1 aliphatic heterocycles. The van der Waals surface area contributed by atoms with Gasteiger partial charge in [-0.05, 0) is 35.8 Å². The highest BCUT2D eigenvalue weighted by molar-refractivity contribution is 9.10. The van der Waals surface area contributed by atoms with Gasteiger partial charge < -0.3 is 9.84 Å². The highest BCUT2D eigenvalue weighted by Crippen LogP contribution is 2.23. The quantitative estimate of drug-likeness (QED) is 0.918. The molecule has 0 amide bonds. The summed E-state index contributed by atoms with van der Waals surface area (Å²) in [6.45, 7) is 6.88. The summed E-state index contributed by atoms with van der Waals surface area (Å²) in [5.74, 6) is 0. The number of aliphatic hydroxyl groups is 1. The summed E-state index contributed by atoms with van der Waals surface area (Å²) in [4.78, 5) is 3.56. The van der Waals surface area contributed by atoms with Gasteiger partial charge in [-0.15, -0.1) is 11.3 Å². The minimum atomic E-state index is -0.419. The second-order valence-corrected chi connectivity index (χ2v) is 6.91. The molecule has 3 nitrogen and oxygen atoms in total. The molecule has 0 spiro atoms. The molecule has 1 aromatic heterocycles. The molecule has 2 atom stereocenters. The van der Waals surface area contributed by atoms with Gasteiger partial charge in [0.05, 0.1) is 18.8 Å². The Morgan fingerprint density at radius 1 is 1.61 bits per heavy atom. The van der Waals surface area contributed by atoms with Crippen molar-refractivity contribution in [1.29, 1.82) is 0 Å². The molecule has 1 aromatic rings. The summed E-state index contributed by atoms with van der Waals surface area (Å²) in [5, 5.41) is 12.3. The molecule has 0 radical (unpaired) electrons. The van der Waals surface area contributed by atoms with Crippen molar-refractivity contribution < 1.29 is 9.84 Å². The molecule has 18 heavy (non-hydrogen) atoms. The van der Waals surface area contributed by atoms with Gasteiger partial charge in [0.2, 0.25) is 0 Å². The smallest absolute Gasteiger partial charge is 0.0964 e. The first-order chi connectivity index (χ1) is 8.56. The first-order valence-electron chi connectivity index (χ1n) is 6.33. The zero-order valence-electron chi connectivity index (χ0n) is 10.8. The van der Waals surface area contributed by atoms with Crippen LogP contribution in [0.5, 0.6) is 0 Å². The average Bonchev–Trinajstić information content (AvgIpc) is 2.75. The molecule has 2 unspecified atom stereocenters. The van der Waals surface area contributed by atoms with Crippen LogP contribution < -0.4 is 0 Å². The fraction of sp³-hybridized carbons (Fsp3) is 0.692. The second-order valence-electron chi connectivity index (χ2n) is 5.00. The largest absolute Gasteiger partial charge is 0.390 e. The van der Waals surface area contributed by atoms with Crippen LogP contribution in [0.4, 0.5) is 0 Å². The van der Waals surface area contributed by atoms with Gasteiger partial charge in [0.15, 0.2) is 0 Å². The molecule has 5 heteroatoms.